The molecule has 0 fully saturated rings. The van der Waals surface area contributed by atoms with E-state index in [9.17, 15) is 0 Å². The first-order chi connectivity index (χ1) is 4.83. The standard InChI is InChI=1S/C7H8N2S/c1-2-3-6-4-7(10)5-8-9-6/h2,4-5H,1,3H2,(H,9,10). The molecule has 0 aromatic carbocycles. The first-order valence-corrected chi connectivity index (χ1v) is 3.38. The molecule has 0 spiro atoms. The van der Waals surface area contributed by atoms with Crippen LogP contribution in [0.3, 0.4) is 0 Å². The molecule has 0 unspecified atom stereocenters. The Bertz CT molecular complexity index is 277. The van der Waals surface area contributed by atoms with Crippen molar-refractivity contribution in [3.63, 3.8) is 0 Å². The van der Waals surface area contributed by atoms with Gasteiger partial charge >= 0.3 is 0 Å². The van der Waals surface area contributed by atoms with E-state index in [-0.39, 0.29) is 0 Å². The Morgan fingerprint density at radius 1 is 1.80 bits per heavy atom. The van der Waals surface area contributed by atoms with Gasteiger partial charge in [-0.3, -0.25) is 5.10 Å². The second-order valence-corrected chi connectivity index (χ2v) is 2.41. The third-order valence-corrected chi connectivity index (χ3v) is 1.30. The van der Waals surface area contributed by atoms with E-state index in [1.54, 1.807) is 6.20 Å². The van der Waals surface area contributed by atoms with Gasteiger partial charge in [-0.05, 0) is 6.07 Å². The molecule has 52 valence electrons. The van der Waals surface area contributed by atoms with Gasteiger partial charge in [0.2, 0.25) is 0 Å². The van der Waals surface area contributed by atoms with Crippen LogP contribution >= 0.6 is 12.2 Å². The number of allylic oxidation sites excluding steroid dienone is 1. The molecule has 3 heteroatoms. The zero-order chi connectivity index (χ0) is 7.40. The van der Waals surface area contributed by atoms with E-state index in [4.69, 9.17) is 12.2 Å². The van der Waals surface area contributed by atoms with Crippen LogP contribution in [-0.2, 0) is 6.42 Å². The Hall–Kier alpha value is -0.960. The smallest absolute Gasteiger partial charge is 0.0653 e. The van der Waals surface area contributed by atoms with E-state index in [0.29, 0.717) is 0 Å². The largest absolute Gasteiger partial charge is 0.282 e. The molecule has 1 rings (SSSR count). The minimum absolute atomic E-state index is 0.760. The molecular weight excluding hydrogens is 144 g/mol. The number of hydrogen-bond donors (Lipinski definition) is 1. The van der Waals surface area contributed by atoms with Crippen LogP contribution in [0.1, 0.15) is 5.69 Å². The highest BCUT2D eigenvalue weighted by Gasteiger charge is 1.86. The van der Waals surface area contributed by atoms with Crippen LogP contribution in [0.15, 0.2) is 24.9 Å². The van der Waals surface area contributed by atoms with Gasteiger partial charge in [-0.25, -0.2) is 0 Å². The minimum Gasteiger partial charge on any atom is -0.282 e. The van der Waals surface area contributed by atoms with Crippen molar-refractivity contribution < 1.29 is 0 Å². The molecule has 1 aromatic rings. The lowest BCUT2D eigenvalue weighted by Crippen LogP contribution is -1.88. The molecule has 0 saturated carbocycles. The first kappa shape index (κ1) is 7.15. The van der Waals surface area contributed by atoms with Crippen molar-refractivity contribution >= 4 is 12.2 Å². The number of aromatic nitrogens is 2. The lowest BCUT2D eigenvalue weighted by Gasteiger charge is -1.92. The third kappa shape index (κ3) is 1.77. The summed E-state index contributed by atoms with van der Waals surface area (Å²) in [4.78, 5) is 0. The average molecular weight is 152 g/mol. The number of aromatic amines is 1. The van der Waals surface area contributed by atoms with Crippen molar-refractivity contribution in [3.05, 3.63) is 35.1 Å². The van der Waals surface area contributed by atoms with Gasteiger partial charge in [0, 0.05) is 12.1 Å². The van der Waals surface area contributed by atoms with E-state index in [1.807, 2.05) is 12.1 Å². The Balaban J connectivity index is 2.95. The van der Waals surface area contributed by atoms with E-state index in [1.165, 1.54) is 0 Å². The summed E-state index contributed by atoms with van der Waals surface area (Å²) in [5.74, 6) is 0. The maximum Gasteiger partial charge on any atom is 0.0653 e. The van der Waals surface area contributed by atoms with E-state index in [2.05, 4.69) is 16.8 Å². The van der Waals surface area contributed by atoms with Gasteiger partial charge in [-0.2, -0.15) is 5.10 Å². The quantitative estimate of drug-likeness (QED) is 0.517. The summed E-state index contributed by atoms with van der Waals surface area (Å²) < 4.78 is 0.760. The van der Waals surface area contributed by atoms with Crippen LogP contribution in [0.25, 0.3) is 0 Å². The fourth-order valence-electron chi connectivity index (χ4n) is 0.680. The molecule has 0 saturated heterocycles. The van der Waals surface area contributed by atoms with E-state index in [0.717, 1.165) is 16.6 Å². The van der Waals surface area contributed by atoms with Gasteiger partial charge in [0.05, 0.1) is 10.7 Å². The molecule has 0 aliphatic carbocycles. The second kappa shape index (κ2) is 3.27. The maximum atomic E-state index is 4.90. The van der Waals surface area contributed by atoms with Crippen LogP contribution in [0.4, 0.5) is 0 Å². The van der Waals surface area contributed by atoms with Crippen molar-refractivity contribution in [2.75, 3.05) is 0 Å². The summed E-state index contributed by atoms with van der Waals surface area (Å²) in [7, 11) is 0. The molecule has 0 atom stereocenters. The lowest BCUT2D eigenvalue weighted by atomic mass is 10.3. The topological polar surface area (TPSA) is 28.7 Å². The molecule has 0 radical (unpaired) electrons. The lowest BCUT2D eigenvalue weighted by molar-refractivity contribution is 0.945. The van der Waals surface area contributed by atoms with Crippen LogP contribution in [0.2, 0.25) is 0 Å². The van der Waals surface area contributed by atoms with Gasteiger partial charge < -0.3 is 0 Å². The fourth-order valence-corrected chi connectivity index (χ4v) is 0.875. The molecule has 0 aliphatic heterocycles. The summed E-state index contributed by atoms with van der Waals surface area (Å²) in [5.41, 5.74) is 1.00. The maximum absolute atomic E-state index is 4.90. The van der Waals surface area contributed by atoms with Gasteiger partial charge in [0.25, 0.3) is 0 Å². The van der Waals surface area contributed by atoms with Crippen molar-refractivity contribution in [2.24, 2.45) is 0 Å². The monoisotopic (exact) mass is 152 g/mol. The highest BCUT2D eigenvalue weighted by Crippen LogP contribution is 1.94. The molecule has 10 heavy (non-hydrogen) atoms. The highest BCUT2D eigenvalue weighted by atomic mass is 32.1. The second-order valence-electron chi connectivity index (χ2n) is 1.93. The van der Waals surface area contributed by atoms with Gasteiger partial charge in [0.1, 0.15) is 0 Å². The summed E-state index contributed by atoms with van der Waals surface area (Å²) >= 11 is 4.90. The molecule has 1 N–H and O–H groups in total. The Kier molecular flexibility index (Phi) is 2.34. The van der Waals surface area contributed by atoms with Gasteiger partial charge in [0.15, 0.2) is 0 Å². The molecule has 1 heterocycles. The van der Waals surface area contributed by atoms with Crippen LogP contribution in [0.5, 0.6) is 0 Å². The predicted molar refractivity (Wildman–Crippen MR) is 43.3 cm³/mol. The molecule has 0 amide bonds. The molecular formula is C7H8N2S. The van der Waals surface area contributed by atoms with Gasteiger partial charge in [-0.1, -0.05) is 18.3 Å². The Morgan fingerprint density at radius 2 is 2.60 bits per heavy atom. The number of hydrogen-bond acceptors (Lipinski definition) is 2. The van der Waals surface area contributed by atoms with Crippen molar-refractivity contribution in [1.29, 1.82) is 0 Å². The Morgan fingerprint density at radius 3 is 3.20 bits per heavy atom. The molecule has 2 nitrogen and oxygen atoms in total. The van der Waals surface area contributed by atoms with Crippen molar-refractivity contribution in [2.45, 2.75) is 6.42 Å². The van der Waals surface area contributed by atoms with Crippen LogP contribution in [-0.4, -0.2) is 10.2 Å². The summed E-state index contributed by atoms with van der Waals surface area (Å²) in [5, 5.41) is 6.65. The normalized spacial score (nSPS) is 9.20. The number of H-pyrrole nitrogens is 1. The van der Waals surface area contributed by atoms with Crippen molar-refractivity contribution in [1.82, 2.24) is 10.2 Å². The number of nitrogens with one attached hydrogen (secondary N) is 1. The molecule has 0 aliphatic rings. The van der Waals surface area contributed by atoms with Crippen molar-refractivity contribution in [3.8, 4) is 0 Å². The summed E-state index contributed by atoms with van der Waals surface area (Å²) in [6.45, 7) is 3.60. The van der Waals surface area contributed by atoms with E-state index < -0.39 is 0 Å². The first-order valence-electron chi connectivity index (χ1n) is 2.97. The highest BCUT2D eigenvalue weighted by molar-refractivity contribution is 7.71. The molecule has 1 aromatic heterocycles. The van der Waals surface area contributed by atoms with Crippen LogP contribution < -0.4 is 0 Å². The zero-order valence-corrected chi connectivity index (χ0v) is 6.32. The average Bonchev–Trinajstić information content (AvgIpc) is 1.88. The fraction of sp³-hybridized carbons (Fsp3) is 0.143. The molecule has 0 bridgehead atoms. The minimum atomic E-state index is 0.760. The summed E-state index contributed by atoms with van der Waals surface area (Å²) in [6.07, 6.45) is 4.21. The van der Waals surface area contributed by atoms with E-state index >= 15 is 0 Å². The van der Waals surface area contributed by atoms with Gasteiger partial charge in [-0.15, -0.1) is 6.58 Å². The number of nitrogens with zero attached hydrogens (tertiary/aromatic N) is 1. The van der Waals surface area contributed by atoms with Crippen LogP contribution in [0, 0.1) is 4.51 Å². The Labute approximate surface area is 64.6 Å². The predicted octanol–water partition coefficient (Wildman–Crippen LogP) is 1.87. The summed E-state index contributed by atoms with van der Waals surface area (Å²) in [6, 6.07) is 1.88. The SMILES string of the molecule is C=CCc1cc(=S)cn[nH]1. The third-order valence-electron chi connectivity index (χ3n) is 1.08. The zero-order valence-electron chi connectivity index (χ0n) is 5.50. The number of rotatable bonds is 2.